The van der Waals surface area contributed by atoms with Crippen molar-refractivity contribution in [3.63, 3.8) is 0 Å². The topological polar surface area (TPSA) is 60.2 Å². The maximum absolute atomic E-state index is 5.50. The standard InChI is InChI=1S/C13H19N3O2/c1-17-11(7-2-3-7)12-15-13(18-16-12)9-6-8-4-5-10(9)14-8/h7-11,14H,2-6H2,1H3. The van der Waals surface area contributed by atoms with Crippen LogP contribution in [0.1, 0.15) is 55.8 Å². The van der Waals surface area contributed by atoms with Gasteiger partial charge in [0.2, 0.25) is 11.7 Å². The van der Waals surface area contributed by atoms with E-state index in [4.69, 9.17) is 9.26 Å². The number of nitrogens with zero attached hydrogens (tertiary/aromatic N) is 2. The number of ether oxygens (including phenoxy) is 1. The molecule has 1 saturated carbocycles. The van der Waals surface area contributed by atoms with Crippen molar-refractivity contribution in [2.45, 2.75) is 56.2 Å². The molecule has 3 heterocycles. The summed E-state index contributed by atoms with van der Waals surface area (Å²) in [4.78, 5) is 4.60. The van der Waals surface area contributed by atoms with Crippen LogP contribution in [0.4, 0.5) is 0 Å². The summed E-state index contributed by atoms with van der Waals surface area (Å²) in [6.45, 7) is 0. The van der Waals surface area contributed by atoms with Gasteiger partial charge in [-0.15, -0.1) is 0 Å². The maximum atomic E-state index is 5.50. The minimum absolute atomic E-state index is 0.0362. The van der Waals surface area contributed by atoms with Crippen LogP contribution in [0.15, 0.2) is 4.52 Å². The largest absolute Gasteiger partial charge is 0.373 e. The van der Waals surface area contributed by atoms with Crippen LogP contribution in [0.5, 0.6) is 0 Å². The summed E-state index contributed by atoms with van der Waals surface area (Å²) in [6.07, 6.45) is 6.16. The van der Waals surface area contributed by atoms with Crippen molar-refractivity contribution in [1.29, 1.82) is 0 Å². The Balaban J connectivity index is 1.54. The summed E-state index contributed by atoms with van der Waals surface area (Å²) in [5.41, 5.74) is 0. The zero-order chi connectivity index (χ0) is 12.1. The van der Waals surface area contributed by atoms with E-state index in [0.717, 1.165) is 18.1 Å². The third kappa shape index (κ3) is 1.68. The highest BCUT2D eigenvalue weighted by Gasteiger charge is 2.43. The fourth-order valence-corrected chi connectivity index (χ4v) is 3.52. The zero-order valence-electron chi connectivity index (χ0n) is 10.6. The van der Waals surface area contributed by atoms with E-state index in [1.165, 1.54) is 25.7 Å². The predicted octanol–water partition coefficient (Wildman–Crippen LogP) is 1.77. The van der Waals surface area contributed by atoms with Crippen molar-refractivity contribution in [3.05, 3.63) is 11.7 Å². The molecule has 3 aliphatic rings. The molecule has 98 valence electrons. The van der Waals surface area contributed by atoms with Crippen LogP contribution in [-0.2, 0) is 4.74 Å². The predicted molar refractivity (Wildman–Crippen MR) is 64.1 cm³/mol. The molecule has 0 amide bonds. The lowest BCUT2D eigenvalue weighted by atomic mass is 9.89. The average Bonchev–Trinajstić information content (AvgIpc) is 2.82. The number of hydrogen-bond donors (Lipinski definition) is 1. The van der Waals surface area contributed by atoms with Gasteiger partial charge in [-0.1, -0.05) is 5.16 Å². The zero-order valence-corrected chi connectivity index (χ0v) is 10.6. The minimum Gasteiger partial charge on any atom is -0.373 e. The second kappa shape index (κ2) is 4.03. The van der Waals surface area contributed by atoms with Crippen molar-refractivity contribution in [2.24, 2.45) is 5.92 Å². The summed E-state index contributed by atoms with van der Waals surface area (Å²) in [6, 6.07) is 1.21. The molecule has 18 heavy (non-hydrogen) atoms. The molecule has 2 bridgehead atoms. The van der Waals surface area contributed by atoms with Gasteiger partial charge >= 0.3 is 0 Å². The Kier molecular flexibility index (Phi) is 2.45. The van der Waals surface area contributed by atoms with E-state index in [1.807, 2.05) is 0 Å². The smallest absolute Gasteiger partial charge is 0.231 e. The molecule has 1 aromatic heterocycles. The summed E-state index contributed by atoms with van der Waals surface area (Å²) in [5.74, 6) is 2.57. The van der Waals surface area contributed by atoms with Gasteiger partial charge in [0.25, 0.3) is 0 Å². The van der Waals surface area contributed by atoms with Gasteiger partial charge in [-0.05, 0) is 38.0 Å². The van der Waals surface area contributed by atoms with Crippen molar-refractivity contribution in [1.82, 2.24) is 15.5 Å². The number of fused-ring (bicyclic) bond motifs is 2. The molecule has 5 heteroatoms. The van der Waals surface area contributed by atoms with Crippen molar-refractivity contribution >= 4 is 0 Å². The van der Waals surface area contributed by atoms with E-state index < -0.39 is 0 Å². The number of hydrogen-bond acceptors (Lipinski definition) is 5. The summed E-state index contributed by atoms with van der Waals surface area (Å²) >= 11 is 0. The Morgan fingerprint density at radius 3 is 2.83 bits per heavy atom. The molecular formula is C13H19N3O2. The monoisotopic (exact) mass is 249 g/mol. The lowest BCUT2D eigenvalue weighted by Gasteiger charge is -2.15. The molecule has 0 spiro atoms. The van der Waals surface area contributed by atoms with Gasteiger partial charge in [0.05, 0.1) is 5.92 Å². The first-order chi connectivity index (χ1) is 8.85. The first-order valence-corrected chi connectivity index (χ1v) is 6.97. The first kappa shape index (κ1) is 10.9. The van der Waals surface area contributed by atoms with E-state index in [9.17, 15) is 0 Å². The number of aromatic nitrogens is 2. The van der Waals surface area contributed by atoms with E-state index in [1.54, 1.807) is 7.11 Å². The molecule has 4 atom stereocenters. The highest BCUT2D eigenvalue weighted by Crippen LogP contribution is 2.43. The molecule has 2 aliphatic heterocycles. The summed E-state index contributed by atoms with van der Waals surface area (Å²) in [5, 5.41) is 7.74. The number of rotatable bonds is 4. The Morgan fingerprint density at radius 2 is 2.22 bits per heavy atom. The highest BCUT2D eigenvalue weighted by atomic mass is 16.5. The molecule has 5 nitrogen and oxygen atoms in total. The lowest BCUT2D eigenvalue weighted by molar-refractivity contribution is 0.0751. The van der Waals surface area contributed by atoms with Crippen LogP contribution >= 0.6 is 0 Å². The van der Waals surface area contributed by atoms with Crippen LogP contribution in [-0.4, -0.2) is 29.3 Å². The second-order valence-electron chi connectivity index (χ2n) is 5.87. The molecule has 0 aromatic carbocycles. The normalized spacial score (nSPS) is 36.2. The number of nitrogens with one attached hydrogen (secondary N) is 1. The fraction of sp³-hybridized carbons (Fsp3) is 0.846. The first-order valence-electron chi connectivity index (χ1n) is 6.97. The van der Waals surface area contributed by atoms with Gasteiger partial charge in [0.15, 0.2) is 0 Å². The van der Waals surface area contributed by atoms with Crippen LogP contribution in [0, 0.1) is 5.92 Å². The third-order valence-electron chi connectivity index (χ3n) is 4.63. The summed E-state index contributed by atoms with van der Waals surface area (Å²) in [7, 11) is 1.73. The molecule has 1 N–H and O–H groups in total. The third-order valence-corrected chi connectivity index (χ3v) is 4.63. The van der Waals surface area contributed by atoms with Gasteiger partial charge in [0.1, 0.15) is 6.10 Å². The van der Waals surface area contributed by atoms with Gasteiger partial charge in [-0.2, -0.15) is 4.98 Å². The molecule has 1 aliphatic carbocycles. The Labute approximate surface area is 106 Å². The van der Waals surface area contributed by atoms with Crippen LogP contribution in [0.2, 0.25) is 0 Å². The molecule has 1 aromatic rings. The van der Waals surface area contributed by atoms with E-state index in [-0.39, 0.29) is 6.10 Å². The van der Waals surface area contributed by atoms with E-state index in [2.05, 4.69) is 15.5 Å². The van der Waals surface area contributed by atoms with Gasteiger partial charge < -0.3 is 14.6 Å². The molecule has 2 saturated heterocycles. The summed E-state index contributed by atoms with van der Waals surface area (Å²) < 4.78 is 11.0. The maximum Gasteiger partial charge on any atom is 0.231 e. The average molecular weight is 249 g/mol. The second-order valence-corrected chi connectivity index (χ2v) is 5.87. The van der Waals surface area contributed by atoms with Crippen LogP contribution in [0.25, 0.3) is 0 Å². The fourth-order valence-electron chi connectivity index (χ4n) is 3.52. The van der Waals surface area contributed by atoms with Crippen molar-refractivity contribution in [3.8, 4) is 0 Å². The van der Waals surface area contributed by atoms with Gasteiger partial charge in [-0.25, -0.2) is 0 Å². The molecule has 4 rings (SSSR count). The lowest BCUT2D eigenvalue weighted by Crippen LogP contribution is -2.21. The Morgan fingerprint density at radius 1 is 1.33 bits per heavy atom. The Bertz CT molecular complexity index is 443. The highest BCUT2D eigenvalue weighted by molar-refractivity contribution is 5.11. The van der Waals surface area contributed by atoms with Crippen molar-refractivity contribution in [2.75, 3.05) is 7.11 Å². The minimum atomic E-state index is 0.0362. The Hall–Kier alpha value is -0.940. The van der Waals surface area contributed by atoms with Gasteiger partial charge in [-0.3, -0.25) is 0 Å². The molecular weight excluding hydrogens is 230 g/mol. The number of methoxy groups -OCH3 is 1. The quantitative estimate of drug-likeness (QED) is 0.881. The van der Waals surface area contributed by atoms with Crippen LogP contribution < -0.4 is 5.32 Å². The molecule has 4 unspecified atom stereocenters. The SMILES string of the molecule is COC(c1noc(C2CC3CCC2N3)n1)C1CC1. The molecule has 3 fully saturated rings. The molecule has 0 radical (unpaired) electrons. The van der Waals surface area contributed by atoms with Crippen LogP contribution in [0.3, 0.4) is 0 Å². The van der Waals surface area contributed by atoms with E-state index in [0.29, 0.717) is 23.9 Å². The van der Waals surface area contributed by atoms with E-state index >= 15 is 0 Å². The van der Waals surface area contributed by atoms with Crippen molar-refractivity contribution < 1.29 is 9.26 Å². The van der Waals surface area contributed by atoms with Gasteiger partial charge in [0, 0.05) is 19.2 Å².